The number of halogens is 3. The largest absolute Gasteiger partial charge is 0.376 e. The predicted octanol–water partition coefficient (Wildman–Crippen LogP) is 3.86. The van der Waals surface area contributed by atoms with Gasteiger partial charge in [-0.25, -0.2) is 4.39 Å². The Kier molecular flexibility index (Phi) is 5.42. The van der Waals surface area contributed by atoms with Gasteiger partial charge in [0.25, 0.3) is 0 Å². The highest BCUT2D eigenvalue weighted by Crippen LogP contribution is 2.19. The highest BCUT2D eigenvalue weighted by atomic mass is 35.5. The molecule has 0 atom stereocenters. The van der Waals surface area contributed by atoms with E-state index >= 15 is 0 Å². The Morgan fingerprint density at radius 1 is 1.10 bits per heavy atom. The lowest BCUT2D eigenvalue weighted by Gasteiger charge is -2.09. The molecule has 6 heteroatoms. The van der Waals surface area contributed by atoms with E-state index in [4.69, 9.17) is 23.2 Å². The molecule has 2 rings (SSSR count). The van der Waals surface area contributed by atoms with Gasteiger partial charge in [-0.3, -0.25) is 4.79 Å². The van der Waals surface area contributed by atoms with Crippen molar-refractivity contribution in [3.8, 4) is 0 Å². The minimum Gasteiger partial charge on any atom is -0.376 e. The van der Waals surface area contributed by atoms with Crippen molar-refractivity contribution in [3.63, 3.8) is 0 Å². The van der Waals surface area contributed by atoms with Crippen molar-refractivity contribution in [2.45, 2.75) is 6.54 Å². The zero-order valence-electron chi connectivity index (χ0n) is 11.0. The molecule has 0 aromatic heterocycles. The van der Waals surface area contributed by atoms with Crippen molar-refractivity contribution >= 4 is 34.8 Å². The summed E-state index contributed by atoms with van der Waals surface area (Å²) in [6.45, 7) is 0.413. The van der Waals surface area contributed by atoms with E-state index in [1.807, 2.05) is 18.2 Å². The van der Waals surface area contributed by atoms with Gasteiger partial charge in [-0.15, -0.1) is 0 Å². The predicted molar refractivity (Wildman–Crippen MR) is 83.2 cm³/mol. The van der Waals surface area contributed by atoms with Crippen molar-refractivity contribution in [2.24, 2.45) is 0 Å². The lowest BCUT2D eigenvalue weighted by atomic mass is 10.2. The van der Waals surface area contributed by atoms with Crippen LogP contribution >= 0.6 is 23.2 Å². The van der Waals surface area contributed by atoms with E-state index in [9.17, 15) is 9.18 Å². The van der Waals surface area contributed by atoms with E-state index < -0.39 is 5.82 Å². The summed E-state index contributed by atoms with van der Waals surface area (Å²) in [6.07, 6.45) is 0. The Labute approximate surface area is 132 Å². The van der Waals surface area contributed by atoms with E-state index in [2.05, 4.69) is 10.6 Å². The summed E-state index contributed by atoms with van der Waals surface area (Å²) in [6, 6.07) is 11.5. The van der Waals surface area contributed by atoms with Gasteiger partial charge < -0.3 is 10.6 Å². The average molecular weight is 327 g/mol. The summed E-state index contributed by atoms with van der Waals surface area (Å²) < 4.78 is 13.0. The standard InChI is InChI=1S/C15H13Cl2FN2O/c16-12-4-2-1-3-10(12)8-20-15(21)9-19-11-5-6-14(18)13(17)7-11/h1-7,19H,8-9H2,(H,20,21). The summed E-state index contributed by atoms with van der Waals surface area (Å²) in [5.41, 5.74) is 1.42. The van der Waals surface area contributed by atoms with E-state index in [0.29, 0.717) is 17.3 Å². The van der Waals surface area contributed by atoms with Crippen LogP contribution in [-0.2, 0) is 11.3 Å². The maximum absolute atomic E-state index is 13.0. The molecule has 0 saturated heterocycles. The Balaban J connectivity index is 1.82. The lowest BCUT2D eigenvalue weighted by Crippen LogP contribution is -2.29. The van der Waals surface area contributed by atoms with Crippen molar-refractivity contribution < 1.29 is 9.18 Å². The number of hydrogen-bond acceptors (Lipinski definition) is 2. The maximum Gasteiger partial charge on any atom is 0.239 e. The summed E-state index contributed by atoms with van der Waals surface area (Å²) in [7, 11) is 0. The first-order valence-corrected chi connectivity index (χ1v) is 7.01. The first-order chi connectivity index (χ1) is 10.1. The molecule has 0 aliphatic heterocycles. The van der Waals surface area contributed by atoms with Gasteiger partial charge in [-0.05, 0) is 29.8 Å². The first-order valence-electron chi connectivity index (χ1n) is 6.25. The topological polar surface area (TPSA) is 41.1 Å². The fraction of sp³-hybridized carbons (Fsp3) is 0.133. The lowest BCUT2D eigenvalue weighted by molar-refractivity contribution is -0.119. The smallest absolute Gasteiger partial charge is 0.239 e. The molecule has 0 radical (unpaired) electrons. The molecule has 0 heterocycles. The van der Waals surface area contributed by atoms with Gasteiger partial charge in [0.05, 0.1) is 11.6 Å². The molecule has 0 spiro atoms. The number of carbonyl (C=O) groups is 1. The van der Waals surface area contributed by atoms with Gasteiger partial charge in [0, 0.05) is 17.3 Å². The minimum atomic E-state index is -0.495. The Morgan fingerprint density at radius 3 is 2.57 bits per heavy atom. The van der Waals surface area contributed by atoms with Gasteiger partial charge in [-0.2, -0.15) is 0 Å². The van der Waals surface area contributed by atoms with Gasteiger partial charge >= 0.3 is 0 Å². The van der Waals surface area contributed by atoms with E-state index in [1.54, 1.807) is 6.07 Å². The van der Waals surface area contributed by atoms with Crippen LogP contribution in [0.4, 0.5) is 10.1 Å². The molecule has 2 aromatic rings. The number of anilines is 1. The molecule has 2 aromatic carbocycles. The second-order valence-electron chi connectivity index (χ2n) is 4.35. The number of carbonyl (C=O) groups excluding carboxylic acids is 1. The second kappa shape index (κ2) is 7.29. The van der Waals surface area contributed by atoms with Crippen molar-refractivity contribution in [1.29, 1.82) is 0 Å². The summed E-state index contributed by atoms with van der Waals surface area (Å²) in [5, 5.41) is 6.23. The first kappa shape index (κ1) is 15.6. The molecule has 3 nitrogen and oxygen atoms in total. The zero-order valence-corrected chi connectivity index (χ0v) is 12.5. The van der Waals surface area contributed by atoms with Crippen LogP contribution in [-0.4, -0.2) is 12.5 Å². The van der Waals surface area contributed by atoms with Gasteiger partial charge in [0.15, 0.2) is 0 Å². The molecule has 21 heavy (non-hydrogen) atoms. The van der Waals surface area contributed by atoms with E-state index in [-0.39, 0.29) is 17.5 Å². The number of benzene rings is 2. The summed E-state index contributed by atoms with van der Waals surface area (Å²) >= 11 is 11.7. The highest BCUT2D eigenvalue weighted by Gasteiger charge is 2.05. The SMILES string of the molecule is O=C(CNc1ccc(F)c(Cl)c1)NCc1ccccc1Cl. The zero-order chi connectivity index (χ0) is 15.2. The van der Waals surface area contributed by atoms with Crippen molar-refractivity contribution in [3.05, 3.63) is 63.9 Å². The monoisotopic (exact) mass is 326 g/mol. The minimum absolute atomic E-state index is 0.0106. The van der Waals surface area contributed by atoms with Gasteiger partial charge in [-0.1, -0.05) is 41.4 Å². The third-order valence-corrected chi connectivity index (χ3v) is 3.46. The quantitative estimate of drug-likeness (QED) is 0.875. The van der Waals surface area contributed by atoms with Crippen LogP contribution in [0.1, 0.15) is 5.56 Å². The molecule has 110 valence electrons. The van der Waals surface area contributed by atoms with Crippen LogP contribution < -0.4 is 10.6 Å². The second-order valence-corrected chi connectivity index (χ2v) is 5.16. The van der Waals surface area contributed by atoms with Crippen LogP contribution in [0.2, 0.25) is 10.0 Å². The highest BCUT2D eigenvalue weighted by molar-refractivity contribution is 6.31. The molecule has 1 amide bonds. The molecule has 0 aliphatic rings. The van der Waals surface area contributed by atoms with Crippen LogP contribution in [0.5, 0.6) is 0 Å². The molecule has 0 bridgehead atoms. The van der Waals surface area contributed by atoms with Crippen LogP contribution in [0.15, 0.2) is 42.5 Å². The van der Waals surface area contributed by atoms with E-state index in [0.717, 1.165) is 5.56 Å². The molecule has 0 aliphatic carbocycles. The third-order valence-electron chi connectivity index (χ3n) is 2.81. The Hall–Kier alpha value is -1.78. The van der Waals surface area contributed by atoms with Crippen LogP contribution in [0.3, 0.4) is 0 Å². The third kappa shape index (κ3) is 4.62. The molecule has 0 fully saturated rings. The molecule has 0 saturated carbocycles. The Bertz CT molecular complexity index is 649. The number of nitrogens with one attached hydrogen (secondary N) is 2. The maximum atomic E-state index is 13.0. The normalized spacial score (nSPS) is 10.2. The molecular formula is C15H13Cl2FN2O. The molecule has 2 N–H and O–H groups in total. The van der Waals surface area contributed by atoms with Crippen molar-refractivity contribution in [1.82, 2.24) is 5.32 Å². The molecule has 0 unspecified atom stereocenters. The van der Waals surface area contributed by atoms with E-state index in [1.165, 1.54) is 18.2 Å². The van der Waals surface area contributed by atoms with Gasteiger partial charge in [0.2, 0.25) is 5.91 Å². The Morgan fingerprint density at radius 2 is 1.86 bits per heavy atom. The number of hydrogen-bond donors (Lipinski definition) is 2. The average Bonchev–Trinajstić information content (AvgIpc) is 2.47. The fourth-order valence-electron chi connectivity index (χ4n) is 1.69. The molecular weight excluding hydrogens is 314 g/mol. The van der Waals surface area contributed by atoms with Crippen LogP contribution in [0.25, 0.3) is 0 Å². The number of rotatable bonds is 5. The van der Waals surface area contributed by atoms with Crippen LogP contribution in [0, 0.1) is 5.82 Å². The summed E-state index contributed by atoms with van der Waals surface area (Å²) in [4.78, 5) is 11.7. The van der Waals surface area contributed by atoms with Gasteiger partial charge in [0.1, 0.15) is 5.82 Å². The number of amides is 1. The summed E-state index contributed by atoms with van der Waals surface area (Å²) in [5.74, 6) is -0.694. The fourth-order valence-corrected chi connectivity index (χ4v) is 2.07. The van der Waals surface area contributed by atoms with Crippen molar-refractivity contribution in [2.75, 3.05) is 11.9 Å².